The summed E-state index contributed by atoms with van der Waals surface area (Å²) in [6.07, 6.45) is 0. The number of ether oxygens (including phenoxy) is 1. The summed E-state index contributed by atoms with van der Waals surface area (Å²) in [5.74, 6) is -0.591. The fourth-order valence-electron chi connectivity index (χ4n) is 4.98. The van der Waals surface area contributed by atoms with Crippen LogP contribution in [0.5, 0.6) is 5.75 Å². The third-order valence-corrected chi connectivity index (χ3v) is 7.33. The number of nitrogens with one attached hydrogen (secondary N) is 2. The van der Waals surface area contributed by atoms with Crippen molar-refractivity contribution in [3.63, 3.8) is 0 Å². The number of nitrogens with zero attached hydrogens (tertiary/aromatic N) is 3. The largest absolute Gasteiger partial charge is 0.497 e. The summed E-state index contributed by atoms with van der Waals surface area (Å²) in [6.45, 7) is 2.46. The number of urea groups is 1. The van der Waals surface area contributed by atoms with Crippen LogP contribution in [0, 0.1) is 5.82 Å². The predicted octanol–water partition coefficient (Wildman–Crippen LogP) is 5.47. The van der Waals surface area contributed by atoms with Crippen LogP contribution in [0.25, 0.3) is 0 Å². The number of benzene rings is 4. The molecule has 226 valence electrons. The minimum Gasteiger partial charge on any atom is -0.497 e. The number of hydrogen-bond donors (Lipinski definition) is 2. The molecule has 4 aromatic carbocycles. The number of anilines is 3. The zero-order valence-corrected chi connectivity index (χ0v) is 24.4. The number of rotatable bonds is 9. The molecule has 5 rings (SSSR count). The molecule has 1 saturated heterocycles. The minimum atomic E-state index is -0.515. The molecule has 0 saturated carbocycles. The lowest BCUT2D eigenvalue weighted by Gasteiger charge is -2.36. The average Bonchev–Trinajstić information content (AvgIpc) is 3.05. The molecule has 10 heteroatoms. The van der Waals surface area contributed by atoms with E-state index in [9.17, 15) is 18.8 Å². The van der Waals surface area contributed by atoms with Crippen LogP contribution >= 0.6 is 0 Å². The Morgan fingerprint density at radius 3 is 2.11 bits per heavy atom. The molecule has 1 fully saturated rings. The van der Waals surface area contributed by atoms with Crippen LogP contribution in [0.2, 0.25) is 0 Å². The molecule has 1 heterocycles. The fourth-order valence-corrected chi connectivity index (χ4v) is 4.98. The van der Waals surface area contributed by atoms with Gasteiger partial charge in [0, 0.05) is 55.3 Å². The molecule has 4 amide bonds. The van der Waals surface area contributed by atoms with Crippen LogP contribution in [0.15, 0.2) is 103 Å². The highest BCUT2D eigenvalue weighted by Gasteiger charge is 2.22. The number of methoxy groups -OCH3 is 1. The Morgan fingerprint density at radius 1 is 0.795 bits per heavy atom. The van der Waals surface area contributed by atoms with E-state index in [2.05, 4.69) is 15.5 Å². The van der Waals surface area contributed by atoms with Crippen molar-refractivity contribution in [1.29, 1.82) is 0 Å². The van der Waals surface area contributed by atoms with Gasteiger partial charge in [0.05, 0.1) is 7.11 Å². The van der Waals surface area contributed by atoms with Gasteiger partial charge in [-0.15, -0.1) is 0 Å². The smallest absolute Gasteiger partial charge is 0.321 e. The lowest BCUT2D eigenvalue weighted by atomic mass is 10.1. The number of amides is 4. The van der Waals surface area contributed by atoms with Gasteiger partial charge in [0.2, 0.25) is 5.91 Å². The first kappa shape index (κ1) is 30.1. The summed E-state index contributed by atoms with van der Waals surface area (Å²) in [6, 6.07) is 29.3. The molecule has 0 spiro atoms. The number of carbonyl (C=O) groups is 3. The number of carbonyl (C=O) groups excluding carboxylic acids is 3. The van der Waals surface area contributed by atoms with Crippen LogP contribution in [0.4, 0.5) is 26.2 Å². The van der Waals surface area contributed by atoms with Crippen molar-refractivity contribution in [2.75, 3.05) is 55.4 Å². The van der Waals surface area contributed by atoms with E-state index in [-0.39, 0.29) is 30.6 Å². The zero-order valence-electron chi connectivity index (χ0n) is 24.4. The number of hydrogen-bond acceptors (Lipinski definition) is 5. The summed E-state index contributed by atoms with van der Waals surface area (Å²) in [5, 5.41) is 5.78. The van der Waals surface area contributed by atoms with Gasteiger partial charge in [0.15, 0.2) is 0 Å². The number of piperazine rings is 1. The molecule has 0 aromatic heterocycles. The van der Waals surface area contributed by atoms with Gasteiger partial charge in [-0.05, 0) is 72.3 Å². The van der Waals surface area contributed by atoms with Crippen LogP contribution < -0.4 is 20.3 Å². The van der Waals surface area contributed by atoms with Crippen molar-refractivity contribution in [1.82, 2.24) is 9.80 Å². The van der Waals surface area contributed by atoms with Crippen molar-refractivity contribution in [3.8, 4) is 5.75 Å². The summed E-state index contributed by atoms with van der Waals surface area (Å²) in [7, 11) is 1.60. The standard InChI is InChI=1S/C34H34FN5O4/c1-44-31-16-12-29(13-17-31)37-34(43)39-20-18-38(19-21-39)30-14-10-28(11-15-30)36-32(41)24-40(23-25-6-3-2-4-7-25)33(42)26-8-5-9-27(35)22-26/h2-17,22H,18-21,23-24H2,1H3,(H,36,41)(H,37,43). The maximum absolute atomic E-state index is 13.8. The van der Waals surface area contributed by atoms with Crippen molar-refractivity contribution >= 4 is 34.9 Å². The van der Waals surface area contributed by atoms with Gasteiger partial charge in [0.1, 0.15) is 18.1 Å². The summed E-state index contributed by atoms with van der Waals surface area (Å²) in [5.41, 5.74) is 3.31. The molecule has 1 aliphatic rings. The second-order valence-corrected chi connectivity index (χ2v) is 10.4. The van der Waals surface area contributed by atoms with E-state index >= 15 is 0 Å². The first-order valence-electron chi connectivity index (χ1n) is 14.3. The van der Waals surface area contributed by atoms with Gasteiger partial charge in [0.25, 0.3) is 5.91 Å². The molecule has 0 aliphatic carbocycles. The minimum absolute atomic E-state index is 0.148. The van der Waals surface area contributed by atoms with E-state index in [0.29, 0.717) is 37.6 Å². The second-order valence-electron chi connectivity index (χ2n) is 10.4. The summed E-state index contributed by atoms with van der Waals surface area (Å²) >= 11 is 0. The molecule has 0 radical (unpaired) electrons. The number of halogens is 1. The third-order valence-electron chi connectivity index (χ3n) is 7.33. The summed E-state index contributed by atoms with van der Waals surface area (Å²) < 4.78 is 19.0. The van der Waals surface area contributed by atoms with E-state index < -0.39 is 11.7 Å². The Kier molecular flexibility index (Phi) is 9.71. The third kappa shape index (κ3) is 7.91. The Balaban J connectivity index is 1.15. The van der Waals surface area contributed by atoms with Gasteiger partial charge in [-0.25, -0.2) is 9.18 Å². The highest BCUT2D eigenvalue weighted by molar-refractivity contribution is 5.99. The molecule has 4 aromatic rings. The van der Waals surface area contributed by atoms with Crippen LogP contribution in [0.3, 0.4) is 0 Å². The normalized spacial score (nSPS) is 12.8. The van der Waals surface area contributed by atoms with Crippen molar-refractivity contribution < 1.29 is 23.5 Å². The van der Waals surface area contributed by atoms with Crippen LogP contribution in [-0.4, -0.2) is 67.5 Å². The van der Waals surface area contributed by atoms with E-state index in [1.165, 1.54) is 29.2 Å². The first-order valence-corrected chi connectivity index (χ1v) is 14.3. The van der Waals surface area contributed by atoms with Gasteiger partial charge < -0.3 is 30.1 Å². The highest BCUT2D eigenvalue weighted by Crippen LogP contribution is 2.21. The highest BCUT2D eigenvalue weighted by atomic mass is 19.1. The fraction of sp³-hybridized carbons (Fsp3) is 0.206. The Bertz CT molecular complexity index is 1570. The second kappa shape index (κ2) is 14.2. The van der Waals surface area contributed by atoms with Crippen molar-refractivity contribution in [2.24, 2.45) is 0 Å². The Labute approximate surface area is 255 Å². The maximum atomic E-state index is 13.8. The first-order chi connectivity index (χ1) is 21.4. The molecular weight excluding hydrogens is 561 g/mol. The van der Waals surface area contributed by atoms with Gasteiger partial charge in [-0.3, -0.25) is 9.59 Å². The zero-order chi connectivity index (χ0) is 30.9. The van der Waals surface area contributed by atoms with E-state index in [1.807, 2.05) is 54.6 Å². The molecule has 0 unspecified atom stereocenters. The topological polar surface area (TPSA) is 94.2 Å². The average molecular weight is 596 g/mol. The van der Waals surface area contributed by atoms with E-state index in [4.69, 9.17) is 4.74 Å². The molecule has 1 aliphatic heterocycles. The Hall–Kier alpha value is -5.38. The van der Waals surface area contributed by atoms with Crippen LogP contribution in [0.1, 0.15) is 15.9 Å². The van der Waals surface area contributed by atoms with Crippen molar-refractivity contribution in [2.45, 2.75) is 6.54 Å². The van der Waals surface area contributed by atoms with Gasteiger partial charge >= 0.3 is 6.03 Å². The van der Waals surface area contributed by atoms with Gasteiger partial charge in [-0.2, -0.15) is 0 Å². The molecular formula is C34H34FN5O4. The monoisotopic (exact) mass is 595 g/mol. The molecule has 0 bridgehead atoms. The quantitative estimate of drug-likeness (QED) is 0.268. The Morgan fingerprint density at radius 2 is 1.45 bits per heavy atom. The molecule has 9 nitrogen and oxygen atoms in total. The van der Waals surface area contributed by atoms with Crippen molar-refractivity contribution in [3.05, 3.63) is 120 Å². The molecule has 0 atom stereocenters. The van der Waals surface area contributed by atoms with Crippen LogP contribution in [-0.2, 0) is 11.3 Å². The lowest BCUT2D eigenvalue weighted by Crippen LogP contribution is -2.50. The van der Waals surface area contributed by atoms with Gasteiger partial charge in [-0.1, -0.05) is 36.4 Å². The SMILES string of the molecule is COc1ccc(NC(=O)N2CCN(c3ccc(NC(=O)CN(Cc4ccccc4)C(=O)c4cccc(F)c4)cc3)CC2)cc1. The predicted molar refractivity (Wildman–Crippen MR) is 168 cm³/mol. The lowest BCUT2D eigenvalue weighted by molar-refractivity contribution is -0.117. The molecule has 2 N–H and O–H groups in total. The van der Waals surface area contributed by atoms with E-state index in [1.54, 1.807) is 36.3 Å². The summed E-state index contributed by atoms with van der Waals surface area (Å²) in [4.78, 5) is 44.3. The maximum Gasteiger partial charge on any atom is 0.321 e. The molecule has 44 heavy (non-hydrogen) atoms. The van der Waals surface area contributed by atoms with E-state index in [0.717, 1.165) is 17.0 Å².